The first kappa shape index (κ1) is 16.3. The van der Waals surface area contributed by atoms with Gasteiger partial charge in [-0.2, -0.15) is 0 Å². The van der Waals surface area contributed by atoms with E-state index in [1.807, 2.05) is 6.07 Å². The van der Waals surface area contributed by atoms with E-state index in [9.17, 15) is 9.90 Å². The molecule has 2 N–H and O–H groups in total. The van der Waals surface area contributed by atoms with Crippen LogP contribution in [0.3, 0.4) is 0 Å². The van der Waals surface area contributed by atoms with E-state index in [2.05, 4.69) is 0 Å². The molecule has 2 aliphatic rings. The summed E-state index contributed by atoms with van der Waals surface area (Å²) in [7, 11) is 0. The van der Waals surface area contributed by atoms with Gasteiger partial charge in [0, 0.05) is 13.0 Å². The second-order valence-electron chi connectivity index (χ2n) is 6.46. The van der Waals surface area contributed by atoms with E-state index in [0.29, 0.717) is 25.7 Å². The molecule has 1 fully saturated rings. The van der Waals surface area contributed by atoms with Crippen molar-refractivity contribution in [3.05, 3.63) is 29.3 Å². The molecule has 0 saturated carbocycles. The minimum absolute atomic E-state index is 0.0404. The predicted molar refractivity (Wildman–Crippen MR) is 84.5 cm³/mol. The molecule has 2 bridgehead atoms. The Labute approximate surface area is 136 Å². The first-order valence-corrected chi connectivity index (χ1v) is 8.45. The second-order valence-corrected chi connectivity index (χ2v) is 6.46. The summed E-state index contributed by atoms with van der Waals surface area (Å²) in [4.78, 5) is 12.6. The van der Waals surface area contributed by atoms with Crippen molar-refractivity contribution in [2.75, 3.05) is 6.61 Å². The summed E-state index contributed by atoms with van der Waals surface area (Å²) in [6.45, 7) is 0.0734. The molecule has 2 aliphatic heterocycles. The van der Waals surface area contributed by atoms with Crippen LogP contribution in [0.25, 0.3) is 0 Å². The number of hydrogen-bond donors (Lipinski definition) is 2. The molecule has 0 radical (unpaired) electrons. The quantitative estimate of drug-likeness (QED) is 0.837. The Morgan fingerprint density at radius 3 is 2.87 bits per heavy atom. The van der Waals surface area contributed by atoms with E-state index in [4.69, 9.17) is 14.6 Å². The van der Waals surface area contributed by atoms with Gasteiger partial charge in [-0.25, -0.2) is 4.79 Å². The molecule has 23 heavy (non-hydrogen) atoms. The Balaban J connectivity index is 1.91. The number of benzene rings is 1. The molecule has 1 aromatic carbocycles. The summed E-state index contributed by atoms with van der Waals surface area (Å²) >= 11 is 0. The summed E-state index contributed by atoms with van der Waals surface area (Å²) in [5.74, 6) is -0.512. The van der Waals surface area contributed by atoms with Gasteiger partial charge in [0.1, 0.15) is 17.4 Å². The average molecular weight is 320 g/mol. The molecule has 5 nitrogen and oxygen atoms in total. The molecule has 1 aromatic rings. The summed E-state index contributed by atoms with van der Waals surface area (Å²) in [6, 6.07) is 5.11. The zero-order valence-corrected chi connectivity index (χ0v) is 13.2. The van der Waals surface area contributed by atoms with Crippen molar-refractivity contribution in [1.29, 1.82) is 0 Å². The van der Waals surface area contributed by atoms with Gasteiger partial charge in [-0.3, -0.25) is 0 Å². The highest BCUT2D eigenvalue weighted by molar-refractivity contribution is 5.94. The van der Waals surface area contributed by atoms with Crippen LogP contribution < -0.4 is 0 Å². The Morgan fingerprint density at radius 1 is 1.22 bits per heavy atom. The number of aliphatic hydroxyl groups is 1. The third-order valence-corrected chi connectivity index (χ3v) is 4.70. The molecule has 3 rings (SSSR count). The molecule has 0 spiro atoms. The lowest BCUT2D eigenvalue weighted by Gasteiger charge is -2.34. The van der Waals surface area contributed by atoms with Gasteiger partial charge >= 0.3 is 5.97 Å². The predicted octanol–water partition coefficient (Wildman–Crippen LogP) is 2.57. The number of phenolic OH excluding ortho intramolecular Hbond substituents is 1. The fourth-order valence-electron chi connectivity index (χ4n) is 3.59. The Bertz CT molecular complexity index is 556. The Hall–Kier alpha value is -1.59. The van der Waals surface area contributed by atoms with Crippen LogP contribution in [0.4, 0.5) is 0 Å². The number of carbonyl (C=O) groups excluding carboxylic acids is 1. The normalized spacial score (nSPS) is 27.9. The van der Waals surface area contributed by atoms with Crippen LogP contribution in [0.2, 0.25) is 0 Å². The first-order valence-electron chi connectivity index (χ1n) is 8.45. The van der Waals surface area contributed by atoms with Gasteiger partial charge in [0.05, 0.1) is 12.2 Å². The zero-order valence-electron chi connectivity index (χ0n) is 13.2. The zero-order chi connectivity index (χ0) is 16.2. The van der Waals surface area contributed by atoms with Crippen LogP contribution in [0.1, 0.15) is 54.4 Å². The molecular formula is C18H24O5. The van der Waals surface area contributed by atoms with Gasteiger partial charge in [-0.1, -0.05) is 12.1 Å². The smallest absolute Gasteiger partial charge is 0.342 e. The Morgan fingerprint density at radius 2 is 2.04 bits per heavy atom. The minimum atomic E-state index is -0.471. The van der Waals surface area contributed by atoms with Crippen molar-refractivity contribution in [2.45, 2.75) is 63.3 Å². The maximum atomic E-state index is 12.6. The van der Waals surface area contributed by atoms with Gasteiger partial charge in [0.2, 0.25) is 0 Å². The van der Waals surface area contributed by atoms with Crippen LogP contribution in [-0.2, 0) is 15.9 Å². The first-order chi connectivity index (χ1) is 11.2. The monoisotopic (exact) mass is 320 g/mol. The largest absolute Gasteiger partial charge is 0.507 e. The summed E-state index contributed by atoms with van der Waals surface area (Å²) in [5, 5.41) is 19.2. The van der Waals surface area contributed by atoms with E-state index in [0.717, 1.165) is 24.8 Å². The van der Waals surface area contributed by atoms with E-state index < -0.39 is 5.97 Å². The molecule has 1 saturated heterocycles. The fraction of sp³-hybridized carbons (Fsp3) is 0.611. The van der Waals surface area contributed by atoms with E-state index in [1.54, 1.807) is 6.07 Å². The molecule has 2 heterocycles. The average Bonchev–Trinajstić information content (AvgIpc) is 2.52. The van der Waals surface area contributed by atoms with Crippen molar-refractivity contribution in [1.82, 2.24) is 0 Å². The topological polar surface area (TPSA) is 76.0 Å². The van der Waals surface area contributed by atoms with Gasteiger partial charge in [0.25, 0.3) is 0 Å². The number of phenols is 1. The number of ether oxygens (including phenoxy) is 2. The highest BCUT2D eigenvalue weighted by Gasteiger charge is 2.31. The number of esters is 1. The lowest BCUT2D eigenvalue weighted by atomic mass is 9.92. The number of carbonyl (C=O) groups is 1. The van der Waals surface area contributed by atoms with Crippen LogP contribution in [-0.4, -0.2) is 41.1 Å². The summed E-state index contributed by atoms with van der Waals surface area (Å²) in [5.41, 5.74) is 1.04. The van der Waals surface area contributed by atoms with Crippen molar-refractivity contribution >= 4 is 5.97 Å². The van der Waals surface area contributed by atoms with Crippen molar-refractivity contribution in [3.63, 3.8) is 0 Å². The highest BCUT2D eigenvalue weighted by Crippen LogP contribution is 2.31. The molecule has 5 heteroatoms. The number of aromatic hydroxyl groups is 1. The fourth-order valence-corrected chi connectivity index (χ4v) is 3.59. The number of fused-ring (bicyclic) bond motifs is 3. The molecule has 3 atom stereocenters. The van der Waals surface area contributed by atoms with E-state index in [-0.39, 0.29) is 36.2 Å². The van der Waals surface area contributed by atoms with Gasteiger partial charge < -0.3 is 19.7 Å². The molecule has 3 unspecified atom stereocenters. The molecule has 126 valence electrons. The lowest BCUT2D eigenvalue weighted by molar-refractivity contribution is -0.0739. The third kappa shape index (κ3) is 3.85. The Kier molecular flexibility index (Phi) is 5.18. The third-order valence-electron chi connectivity index (χ3n) is 4.70. The van der Waals surface area contributed by atoms with E-state index in [1.165, 1.54) is 6.07 Å². The van der Waals surface area contributed by atoms with Crippen LogP contribution in [0, 0.1) is 0 Å². The molecule has 0 aromatic heterocycles. The van der Waals surface area contributed by atoms with Gasteiger partial charge in [-0.05, 0) is 50.2 Å². The van der Waals surface area contributed by atoms with Crippen molar-refractivity contribution in [3.8, 4) is 5.75 Å². The van der Waals surface area contributed by atoms with Gasteiger partial charge in [0.15, 0.2) is 0 Å². The number of hydrogen-bond acceptors (Lipinski definition) is 5. The molecule has 0 amide bonds. The van der Waals surface area contributed by atoms with E-state index >= 15 is 0 Å². The number of cyclic esters (lactones) is 1. The summed E-state index contributed by atoms with van der Waals surface area (Å²) in [6.07, 6.45) is 5.42. The number of aliphatic hydroxyl groups excluding tert-OH is 1. The van der Waals surface area contributed by atoms with Crippen LogP contribution >= 0.6 is 0 Å². The van der Waals surface area contributed by atoms with Crippen LogP contribution in [0.5, 0.6) is 5.75 Å². The second kappa shape index (κ2) is 7.32. The highest BCUT2D eigenvalue weighted by atomic mass is 16.5. The number of rotatable bonds is 3. The van der Waals surface area contributed by atoms with Crippen LogP contribution in [0.15, 0.2) is 18.2 Å². The maximum absolute atomic E-state index is 12.6. The molecular weight excluding hydrogens is 296 g/mol. The standard InChI is InChI=1S/C18H24O5/c19-9-3-7-15-11-14-6-2-5-13(22-14)10-12-4-1-8-16(20)17(12)18(21)23-15/h1,4,8,13-15,19-20H,2-3,5-7,9-11H2. The molecule has 0 aliphatic carbocycles. The SMILES string of the molecule is O=C1OC(CCCO)CC2CCCC(Cc3cccc(O)c31)O2. The maximum Gasteiger partial charge on any atom is 0.342 e. The lowest BCUT2D eigenvalue weighted by Crippen LogP contribution is -2.35. The van der Waals surface area contributed by atoms with Crippen molar-refractivity contribution in [2.24, 2.45) is 0 Å². The minimum Gasteiger partial charge on any atom is -0.507 e. The summed E-state index contributed by atoms with van der Waals surface area (Å²) < 4.78 is 11.8. The van der Waals surface area contributed by atoms with Crippen molar-refractivity contribution < 1.29 is 24.5 Å². The van der Waals surface area contributed by atoms with Gasteiger partial charge in [-0.15, -0.1) is 0 Å².